The highest BCUT2D eigenvalue weighted by Gasteiger charge is 2.41. The van der Waals surface area contributed by atoms with Gasteiger partial charge in [0, 0.05) is 0 Å². The van der Waals surface area contributed by atoms with Gasteiger partial charge in [0.2, 0.25) is 0 Å². The molecule has 0 N–H and O–H groups in total. The molecule has 3 aliphatic rings. The summed E-state index contributed by atoms with van der Waals surface area (Å²) in [6, 6.07) is 10.2. The van der Waals surface area contributed by atoms with Crippen molar-refractivity contribution in [3.05, 3.63) is 53.6 Å². The van der Waals surface area contributed by atoms with Gasteiger partial charge >= 0.3 is 11.9 Å². The fourth-order valence-electron chi connectivity index (χ4n) is 5.62. The highest BCUT2D eigenvalue weighted by Crippen LogP contribution is 2.40. The molecule has 0 bridgehead atoms. The molecular formula is C36H54O4. The van der Waals surface area contributed by atoms with Gasteiger partial charge in [-0.2, -0.15) is 0 Å². The number of hydrogen-bond acceptors (Lipinski definition) is 4. The number of carbonyl (C=O) groups excluding carboxylic acids is 2. The molecule has 4 nitrogen and oxygen atoms in total. The fourth-order valence-corrected chi connectivity index (χ4v) is 5.62. The molecule has 0 radical (unpaired) electrons. The topological polar surface area (TPSA) is 52.6 Å². The molecule has 0 aromatic heterocycles. The maximum absolute atomic E-state index is 12.4. The summed E-state index contributed by atoms with van der Waals surface area (Å²) in [6.07, 6.45) is 21.6. The summed E-state index contributed by atoms with van der Waals surface area (Å²) in [4.78, 5) is 24.8. The second-order valence-corrected chi connectivity index (χ2v) is 13.6. The second-order valence-electron chi connectivity index (χ2n) is 13.6. The monoisotopic (exact) mass is 550 g/mol. The van der Waals surface area contributed by atoms with Crippen molar-refractivity contribution in [2.45, 2.75) is 143 Å². The van der Waals surface area contributed by atoms with E-state index in [0.717, 1.165) is 56.9 Å². The third-order valence-electron chi connectivity index (χ3n) is 9.46. The molecule has 1 aromatic carbocycles. The molecule has 3 aliphatic carbocycles. The van der Waals surface area contributed by atoms with Crippen LogP contribution < -0.4 is 0 Å². The number of esters is 2. The Balaban J connectivity index is 0.000000222. The quantitative estimate of drug-likeness (QED) is 0.227. The van der Waals surface area contributed by atoms with Gasteiger partial charge in [0.25, 0.3) is 0 Å². The zero-order valence-corrected chi connectivity index (χ0v) is 26.2. The van der Waals surface area contributed by atoms with E-state index < -0.39 is 11.0 Å². The Labute approximate surface area is 244 Å². The molecule has 0 unspecified atom stereocenters. The molecule has 3 fully saturated rings. The van der Waals surface area contributed by atoms with Gasteiger partial charge in [0.1, 0.15) is 11.2 Å². The number of ether oxygens (including phenoxy) is 2. The Morgan fingerprint density at radius 3 is 1.65 bits per heavy atom. The average molecular weight is 551 g/mol. The summed E-state index contributed by atoms with van der Waals surface area (Å²) in [5, 5.41) is 0. The molecule has 3 saturated carbocycles. The molecule has 1 aromatic rings. The van der Waals surface area contributed by atoms with Gasteiger partial charge in [-0.25, -0.2) is 0 Å². The van der Waals surface area contributed by atoms with Crippen molar-refractivity contribution in [3.63, 3.8) is 0 Å². The van der Waals surface area contributed by atoms with Crippen LogP contribution in [0.5, 0.6) is 0 Å². The predicted octanol–water partition coefficient (Wildman–Crippen LogP) is 9.77. The third-order valence-corrected chi connectivity index (χ3v) is 9.46. The largest absolute Gasteiger partial charge is 0.454 e. The molecule has 0 saturated heterocycles. The summed E-state index contributed by atoms with van der Waals surface area (Å²) in [6.45, 7) is 12.0. The summed E-state index contributed by atoms with van der Waals surface area (Å²) in [7, 11) is 0. The van der Waals surface area contributed by atoms with Gasteiger partial charge < -0.3 is 9.47 Å². The lowest BCUT2D eigenvalue weighted by molar-refractivity contribution is -0.166. The van der Waals surface area contributed by atoms with Crippen LogP contribution in [0.15, 0.2) is 48.1 Å². The van der Waals surface area contributed by atoms with E-state index in [9.17, 15) is 9.59 Å². The van der Waals surface area contributed by atoms with E-state index in [4.69, 9.17) is 9.47 Å². The average Bonchev–Trinajstić information content (AvgIpc) is 3.72. The molecule has 0 atom stereocenters. The Kier molecular flexibility index (Phi) is 11.3. The van der Waals surface area contributed by atoms with Crippen molar-refractivity contribution < 1.29 is 19.1 Å². The molecule has 222 valence electrons. The molecule has 4 rings (SSSR count). The van der Waals surface area contributed by atoms with Crippen LogP contribution in [0.3, 0.4) is 0 Å². The van der Waals surface area contributed by atoms with Crippen LogP contribution in [0.4, 0.5) is 0 Å². The van der Waals surface area contributed by atoms with Crippen LogP contribution >= 0.6 is 0 Å². The first kappa shape index (κ1) is 32.2. The number of benzene rings is 1. The Bertz CT molecular complexity index is 1010. The smallest absolute Gasteiger partial charge is 0.312 e. The van der Waals surface area contributed by atoms with Crippen LogP contribution in [0, 0.1) is 10.8 Å². The Hall–Kier alpha value is -2.36. The zero-order valence-electron chi connectivity index (χ0n) is 26.2. The number of rotatable bonds is 9. The molecule has 0 heterocycles. The van der Waals surface area contributed by atoms with Crippen LogP contribution in [-0.2, 0) is 19.1 Å². The molecule has 0 aliphatic heterocycles. The third kappa shape index (κ3) is 8.82. The van der Waals surface area contributed by atoms with Crippen molar-refractivity contribution in [1.29, 1.82) is 0 Å². The maximum atomic E-state index is 12.4. The van der Waals surface area contributed by atoms with Crippen LogP contribution in [-0.4, -0.2) is 23.1 Å². The van der Waals surface area contributed by atoms with E-state index in [1.54, 1.807) is 0 Å². The van der Waals surface area contributed by atoms with E-state index >= 15 is 0 Å². The van der Waals surface area contributed by atoms with Gasteiger partial charge in [-0.05, 0) is 135 Å². The van der Waals surface area contributed by atoms with Crippen molar-refractivity contribution in [2.75, 3.05) is 0 Å². The van der Waals surface area contributed by atoms with Crippen molar-refractivity contribution in [3.8, 4) is 0 Å². The number of hydrogen-bond donors (Lipinski definition) is 0. The SMILES string of the molecule is CCC(C)(C)C(=O)OC1(/C=C/c2ccccc2)CCCC1.CCC(C)(C)C(=O)OC1(C=C2CCCC2)CCCC1. The lowest BCUT2D eigenvalue weighted by Gasteiger charge is -2.31. The zero-order chi connectivity index (χ0) is 29.3. The van der Waals surface area contributed by atoms with E-state index in [-0.39, 0.29) is 23.0 Å². The first-order valence-electron chi connectivity index (χ1n) is 15.9. The Morgan fingerprint density at radius 2 is 1.18 bits per heavy atom. The van der Waals surface area contributed by atoms with Crippen LogP contribution in [0.25, 0.3) is 6.08 Å². The first-order valence-corrected chi connectivity index (χ1v) is 15.9. The van der Waals surface area contributed by atoms with Gasteiger partial charge in [0.15, 0.2) is 0 Å². The van der Waals surface area contributed by atoms with Gasteiger partial charge in [-0.1, -0.05) is 55.8 Å². The minimum atomic E-state index is -0.407. The highest BCUT2D eigenvalue weighted by molar-refractivity contribution is 5.77. The second kappa shape index (κ2) is 14.0. The molecule has 0 spiro atoms. The first-order chi connectivity index (χ1) is 18.9. The Morgan fingerprint density at radius 1 is 0.725 bits per heavy atom. The van der Waals surface area contributed by atoms with E-state index in [2.05, 4.69) is 37.3 Å². The maximum Gasteiger partial charge on any atom is 0.312 e. The van der Waals surface area contributed by atoms with Crippen molar-refractivity contribution in [2.24, 2.45) is 10.8 Å². The standard InChI is InChI=1S/C19H26O2.C17H28O2/c1-4-18(2,3)17(20)21-19(13-8-9-14-19)15-12-16-10-6-5-7-11-16;1-4-16(2,3)15(18)19-17(11-7-8-12-17)13-14-9-5-6-10-14/h5-7,10-12,15H,4,8-9,13-14H2,1-3H3;13H,4-12H2,1-3H3/b15-12+;. The van der Waals surface area contributed by atoms with Crippen LogP contribution in [0.2, 0.25) is 0 Å². The normalized spacial score (nSPS) is 20.2. The van der Waals surface area contributed by atoms with Crippen LogP contribution in [0.1, 0.15) is 137 Å². The van der Waals surface area contributed by atoms with Gasteiger partial charge in [-0.15, -0.1) is 0 Å². The minimum Gasteiger partial charge on any atom is -0.454 e. The molecule has 4 heteroatoms. The van der Waals surface area contributed by atoms with E-state index in [1.807, 2.05) is 52.8 Å². The fraction of sp³-hybridized carbons (Fsp3) is 0.667. The lowest BCUT2D eigenvalue weighted by Crippen LogP contribution is -2.36. The van der Waals surface area contributed by atoms with E-state index in [1.165, 1.54) is 44.1 Å². The van der Waals surface area contributed by atoms with Crippen molar-refractivity contribution in [1.82, 2.24) is 0 Å². The summed E-state index contributed by atoms with van der Waals surface area (Å²) >= 11 is 0. The molecular weight excluding hydrogens is 496 g/mol. The van der Waals surface area contributed by atoms with Gasteiger partial charge in [0.05, 0.1) is 10.8 Å². The minimum absolute atomic E-state index is 0.0215. The van der Waals surface area contributed by atoms with Gasteiger partial charge in [-0.3, -0.25) is 9.59 Å². The predicted molar refractivity (Wildman–Crippen MR) is 165 cm³/mol. The molecule has 40 heavy (non-hydrogen) atoms. The summed E-state index contributed by atoms with van der Waals surface area (Å²) in [5.74, 6) is -0.101. The molecule has 0 amide bonds. The number of carbonyl (C=O) groups is 2. The van der Waals surface area contributed by atoms with E-state index in [0.29, 0.717) is 0 Å². The summed E-state index contributed by atoms with van der Waals surface area (Å²) in [5.41, 5.74) is 1.22. The lowest BCUT2D eigenvalue weighted by atomic mass is 9.89. The summed E-state index contributed by atoms with van der Waals surface area (Å²) < 4.78 is 12.0. The number of allylic oxidation sites excluding steroid dienone is 1. The van der Waals surface area contributed by atoms with Crippen molar-refractivity contribution >= 4 is 18.0 Å². The highest BCUT2D eigenvalue weighted by atomic mass is 16.6.